The van der Waals surface area contributed by atoms with Gasteiger partial charge >= 0.3 is 0 Å². The van der Waals surface area contributed by atoms with Crippen LogP contribution >= 0.6 is 22.9 Å². The van der Waals surface area contributed by atoms with E-state index < -0.39 is 0 Å². The third kappa shape index (κ3) is 5.42. The summed E-state index contributed by atoms with van der Waals surface area (Å²) >= 11 is 7.44. The van der Waals surface area contributed by atoms with Gasteiger partial charge in [-0.25, -0.2) is 4.98 Å². The summed E-state index contributed by atoms with van der Waals surface area (Å²) in [5.41, 5.74) is 10.8. The van der Waals surface area contributed by atoms with Crippen molar-refractivity contribution < 1.29 is 4.79 Å². The molecule has 4 rings (SSSR count). The number of aromatic nitrogens is 1. The van der Waals surface area contributed by atoms with Crippen LogP contribution in [0.25, 0.3) is 11.1 Å². The van der Waals surface area contributed by atoms with Crippen molar-refractivity contribution in [3.05, 3.63) is 94.5 Å². The van der Waals surface area contributed by atoms with Crippen molar-refractivity contribution in [1.29, 1.82) is 0 Å². The Morgan fingerprint density at radius 3 is 2.39 bits per heavy atom. The smallest absolute Gasteiger partial charge is 0.256 e. The first-order valence-corrected chi connectivity index (χ1v) is 11.0. The van der Waals surface area contributed by atoms with Gasteiger partial charge in [0, 0.05) is 40.3 Å². The first-order valence-electron chi connectivity index (χ1n) is 9.78. The van der Waals surface area contributed by atoms with E-state index in [0.29, 0.717) is 15.7 Å². The summed E-state index contributed by atoms with van der Waals surface area (Å²) in [6.45, 7) is 0.753. The number of anilines is 3. The van der Waals surface area contributed by atoms with Crippen molar-refractivity contribution in [3.63, 3.8) is 0 Å². The fourth-order valence-corrected chi connectivity index (χ4v) is 3.93. The average molecular weight is 449 g/mol. The molecule has 31 heavy (non-hydrogen) atoms. The van der Waals surface area contributed by atoms with E-state index >= 15 is 0 Å². The van der Waals surface area contributed by atoms with Crippen LogP contribution in [-0.2, 0) is 6.42 Å². The zero-order valence-electron chi connectivity index (χ0n) is 16.6. The number of thiazole rings is 1. The van der Waals surface area contributed by atoms with Crippen LogP contribution in [-0.4, -0.2) is 17.4 Å². The summed E-state index contributed by atoms with van der Waals surface area (Å²) in [4.78, 5) is 17.2. The molecule has 0 aliphatic carbocycles. The third-order valence-corrected chi connectivity index (χ3v) is 5.72. The molecule has 156 valence electrons. The van der Waals surface area contributed by atoms with Crippen LogP contribution in [0.2, 0.25) is 5.02 Å². The van der Waals surface area contributed by atoms with Gasteiger partial charge in [0.25, 0.3) is 5.91 Å². The summed E-state index contributed by atoms with van der Waals surface area (Å²) < 4.78 is 0. The highest BCUT2D eigenvalue weighted by molar-refractivity contribution is 7.13. The molecule has 4 N–H and O–H groups in total. The molecule has 0 bridgehead atoms. The van der Waals surface area contributed by atoms with Crippen LogP contribution in [0, 0.1) is 0 Å². The van der Waals surface area contributed by atoms with E-state index in [1.807, 2.05) is 78.2 Å². The molecule has 1 aromatic heterocycles. The van der Waals surface area contributed by atoms with Gasteiger partial charge in [0.2, 0.25) is 0 Å². The summed E-state index contributed by atoms with van der Waals surface area (Å²) in [7, 11) is 0. The van der Waals surface area contributed by atoms with E-state index in [9.17, 15) is 4.79 Å². The van der Waals surface area contributed by atoms with Gasteiger partial charge in [-0.15, -0.1) is 11.3 Å². The number of rotatable bonds is 7. The van der Waals surface area contributed by atoms with E-state index in [0.717, 1.165) is 41.2 Å². The van der Waals surface area contributed by atoms with Crippen LogP contribution in [0.4, 0.5) is 16.5 Å². The molecule has 3 aromatic carbocycles. The molecule has 0 saturated heterocycles. The Hall–Kier alpha value is -3.35. The number of nitrogens with one attached hydrogen (secondary N) is 2. The van der Waals surface area contributed by atoms with E-state index in [-0.39, 0.29) is 5.91 Å². The number of nitrogens with two attached hydrogens (primary N) is 1. The van der Waals surface area contributed by atoms with E-state index in [1.54, 1.807) is 0 Å². The molecule has 7 heteroatoms. The second kappa shape index (κ2) is 9.64. The maximum absolute atomic E-state index is 12.9. The zero-order valence-corrected chi connectivity index (χ0v) is 18.2. The third-order valence-electron chi connectivity index (χ3n) is 4.75. The minimum Gasteiger partial charge on any atom is -0.385 e. The van der Waals surface area contributed by atoms with Gasteiger partial charge in [0.1, 0.15) is 0 Å². The number of hydrogen-bond donors (Lipinski definition) is 3. The standard InChI is InChI=1S/C24H21ClN4OS/c25-17-7-5-16(6-8-17)21-3-1-2-4-22(21)23(30)28-19-11-9-18(10-12-19)27-14-13-20-15-31-24(26)29-20/h1-12,15,27H,13-14H2,(H2,26,29)(H,28,30). The van der Waals surface area contributed by atoms with Crippen LogP contribution in [0.3, 0.4) is 0 Å². The van der Waals surface area contributed by atoms with Crippen LogP contribution in [0.15, 0.2) is 78.2 Å². The van der Waals surface area contributed by atoms with Gasteiger partial charge < -0.3 is 16.4 Å². The lowest BCUT2D eigenvalue weighted by molar-refractivity contribution is 0.102. The summed E-state index contributed by atoms with van der Waals surface area (Å²) in [6.07, 6.45) is 0.799. The average Bonchev–Trinajstić information content (AvgIpc) is 3.20. The predicted molar refractivity (Wildman–Crippen MR) is 130 cm³/mol. The topological polar surface area (TPSA) is 80.0 Å². The van der Waals surface area contributed by atoms with Crippen LogP contribution < -0.4 is 16.4 Å². The lowest BCUT2D eigenvalue weighted by Crippen LogP contribution is -2.13. The van der Waals surface area contributed by atoms with E-state index in [1.165, 1.54) is 11.3 Å². The Morgan fingerprint density at radius 2 is 1.68 bits per heavy atom. The second-order valence-electron chi connectivity index (χ2n) is 6.94. The fourth-order valence-electron chi connectivity index (χ4n) is 3.20. The molecule has 5 nitrogen and oxygen atoms in total. The molecule has 0 saturated carbocycles. The highest BCUT2D eigenvalue weighted by Crippen LogP contribution is 2.26. The Morgan fingerprint density at radius 1 is 0.968 bits per heavy atom. The number of amides is 1. The number of halogens is 1. The minimum atomic E-state index is -0.160. The van der Waals surface area contributed by atoms with Gasteiger partial charge in [0.05, 0.1) is 5.69 Å². The molecule has 0 radical (unpaired) electrons. The maximum Gasteiger partial charge on any atom is 0.256 e. The van der Waals surface area contributed by atoms with Crippen molar-refractivity contribution in [2.45, 2.75) is 6.42 Å². The molecule has 1 amide bonds. The Labute approximate surface area is 189 Å². The monoisotopic (exact) mass is 448 g/mol. The SMILES string of the molecule is Nc1nc(CCNc2ccc(NC(=O)c3ccccc3-c3ccc(Cl)cc3)cc2)cs1. The normalized spacial score (nSPS) is 10.6. The summed E-state index contributed by atoms with van der Waals surface area (Å²) in [6, 6.07) is 22.6. The van der Waals surface area contributed by atoms with Crippen molar-refractivity contribution in [1.82, 2.24) is 4.98 Å². The molecule has 0 fully saturated rings. The zero-order chi connectivity index (χ0) is 21.6. The van der Waals surface area contributed by atoms with Gasteiger partial charge in [-0.2, -0.15) is 0 Å². The molecular formula is C24H21ClN4OS. The first kappa shape index (κ1) is 20.9. The van der Waals surface area contributed by atoms with Gasteiger partial charge in [-0.3, -0.25) is 4.79 Å². The van der Waals surface area contributed by atoms with Crippen molar-refractivity contribution in [2.75, 3.05) is 22.9 Å². The van der Waals surface area contributed by atoms with Gasteiger partial charge in [-0.05, 0) is 53.6 Å². The molecule has 0 unspecified atom stereocenters. The van der Waals surface area contributed by atoms with Crippen molar-refractivity contribution >= 4 is 45.4 Å². The molecule has 0 spiro atoms. The lowest BCUT2D eigenvalue weighted by atomic mass is 9.99. The predicted octanol–water partition coefficient (Wildman–Crippen LogP) is 5.95. The van der Waals surface area contributed by atoms with Gasteiger partial charge in [0.15, 0.2) is 5.13 Å². The molecule has 0 aliphatic heterocycles. The Balaban J connectivity index is 1.39. The number of nitrogens with zero attached hydrogens (tertiary/aromatic N) is 1. The second-order valence-corrected chi connectivity index (χ2v) is 8.26. The molecule has 0 atom stereocenters. The van der Waals surface area contributed by atoms with Crippen molar-refractivity contribution in [3.8, 4) is 11.1 Å². The maximum atomic E-state index is 12.9. The number of carbonyl (C=O) groups excluding carboxylic acids is 1. The number of benzene rings is 3. The molecule has 1 heterocycles. The van der Waals surface area contributed by atoms with Crippen LogP contribution in [0.1, 0.15) is 16.1 Å². The lowest BCUT2D eigenvalue weighted by Gasteiger charge is -2.11. The number of nitrogen functional groups attached to an aromatic ring is 1. The Bertz CT molecular complexity index is 1170. The van der Waals surface area contributed by atoms with E-state index in [4.69, 9.17) is 17.3 Å². The first-order chi connectivity index (χ1) is 15.1. The molecule has 4 aromatic rings. The molecular weight excluding hydrogens is 428 g/mol. The quantitative estimate of drug-likeness (QED) is 0.326. The largest absolute Gasteiger partial charge is 0.385 e. The number of hydrogen-bond acceptors (Lipinski definition) is 5. The highest BCUT2D eigenvalue weighted by atomic mass is 35.5. The molecule has 0 aliphatic rings. The van der Waals surface area contributed by atoms with Crippen LogP contribution in [0.5, 0.6) is 0 Å². The fraction of sp³-hybridized carbons (Fsp3) is 0.0833. The summed E-state index contributed by atoms with van der Waals surface area (Å²) in [5, 5.41) is 9.55. The summed E-state index contributed by atoms with van der Waals surface area (Å²) in [5.74, 6) is -0.160. The highest BCUT2D eigenvalue weighted by Gasteiger charge is 2.12. The van der Waals surface area contributed by atoms with Gasteiger partial charge in [-0.1, -0.05) is 41.9 Å². The van der Waals surface area contributed by atoms with Crippen molar-refractivity contribution in [2.24, 2.45) is 0 Å². The number of carbonyl (C=O) groups is 1. The van der Waals surface area contributed by atoms with E-state index in [2.05, 4.69) is 15.6 Å². The minimum absolute atomic E-state index is 0.160. The Kier molecular flexibility index (Phi) is 6.50.